The van der Waals surface area contributed by atoms with Gasteiger partial charge in [-0.25, -0.2) is 4.68 Å². The molecule has 1 atom stereocenters. The van der Waals surface area contributed by atoms with E-state index >= 15 is 0 Å². The van der Waals surface area contributed by atoms with Crippen LogP contribution >= 0.6 is 0 Å². The van der Waals surface area contributed by atoms with E-state index in [-0.39, 0.29) is 0 Å². The molecule has 116 valence electrons. The van der Waals surface area contributed by atoms with Gasteiger partial charge in [0.05, 0.1) is 12.6 Å². The van der Waals surface area contributed by atoms with Gasteiger partial charge in [0.15, 0.2) is 0 Å². The summed E-state index contributed by atoms with van der Waals surface area (Å²) in [5.41, 5.74) is 2.61. The lowest BCUT2D eigenvalue weighted by molar-refractivity contribution is 0.0471. The predicted molar refractivity (Wildman–Crippen MR) is 88.1 cm³/mol. The molecule has 0 aliphatic heterocycles. The lowest BCUT2D eigenvalue weighted by atomic mass is 10.2. The minimum Gasteiger partial charge on any atom is -0.497 e. The van der Waals surface area contributed by atoms with Gasteiger partial charge in [-0.15, -0.1) is 5.10 Å². The third-order valence-electron chi connectivity index (χ3n) is 3.35. The van der Waals surface area contributed by atoms with Crippen molar-refractivity contribution in [1.29, 1.82) is 0 Å². The maximum atomic E-state index is 5.72. The Kier molecular flexibility index (Phi) is 4.55. The topological polar surface area (TPSA) is 49.2 Å². The summed E-state index contributed by atoms with van der Waals surface area (Å²) in [5, 5.41) is 8.32. The first-order valence-electron chi connectivity index (χ1n) is 7.39. The maximum Gasteiger partial charge on any atom is 0.215 e. The van der Waals surface area contributed by atoms with Crippen LogP contribution in [0.25, 0.3) is 11.0 Å². The Hall–Kier alpha value is -2.84. The number of para-hydroxylation sites is 1. The van der Waals surface area contributed by atoms with E-state index in [1.54, 1.807) is 11.8 Å². The molecule has 0 amide bonds. The second-order valence-electron chi connectivity index (χ2n) is 4.83. The summed E-state index contributed by atoms with van der Waals surface area (Å²) in [4.78, 5) is 0. The summed E-state index contributed by atoms with van der Waals surface area (Å²) in [6.45, 7) is 2.47. The van der Waals surface area contributed by atoms with E-state index in [1.165, 1.54) is 0 Å². The van der Waals surface area contributed by atoms with E-state index in [0.717, 1.165) is 22.3 Å². The molecule has 1 heterocycles. The van der Waals surface area contributed by atoms with Crippen molar-refractivity contribution >= 4 is 11.0 Å². The van der Waals surface area contributed by atoms with Crippen molar-refractivity contribution in [1.82, 2.24) is 15.0 Å². The molecule has 23 heavy (non-hydrogen) atoms. The Balaban J connectivity index is 1.91. The number of methoxy groups -OCH3 is 1. The van der Waals surface area contributed by atoms with Crippen molar-refractivity contribution in [2.24, 2.45) is 0 Å². The first kappa shape index (κ1) is 15.1. The van der Waals surface area contributed by atoms with E-state index in [9.17, 15) is 0 Å². The Morgan fingerprint density at radius 1 is 1.13 bits per heavy atom. The van der Waals surface area contributed by atoms with Crippen molar-refractivity contribution < 1.29 is 9.47 Å². The molecule has 1 aromatic heterocycles. The SMILES string of the molecule is CCOC(C#Cc1ccc(OC)cc1)n1nnc2ccccc21. The first-order valence-corrected chi connectivity index (χ1v) is 7.39. The third-order valence-corrected chi connectivity index (χ3v) is 3.35. The van der Waals surface area contributed by atoms with Gasteiger partial charge in [-0.2, -0.15) is 0 Å². The van der Waals surface area contributed by atoms with Crippen LogP contribution in [0.5, 0.6) is 5.75 Å². The molecule has 0 spiro atoms. The number of benzene rings is 2. The molecule has 3 rings (SSSR count). The number of ether oxygens (including phenoxy) is 2. The second kappa shape index (κ2) is 6.95. The first-order chi connectivity index (χ1) is 11.3. The molecule has 0 aliphatic carbocycles. The number of aromatic nitrogens is 3. The van der Waals surface area contributed by atoms with Gasteiger partial charge in [-0.3, -0.25) is 0 Å². The van der Waals surface area contributed by atoms with Crippen LogP contribution in [0.15, 0.2) is 48.5 Å². The minimum atomic E-state index is -0.477. The van der Waals surface area contributed by atoms with Gasteiger partial charge in [0.25, 0.3) is 0 Å². The number of rotatable bonds is 4. The van der Waals surface area contributed by atoms with Crippen molar-refractivity contribution in [3.8, 4) is 17.6 Å². The zero-order chi connectivity index (χ0) is 16.1. The summed E-state index contributed by atoms with van der Waals surface area (Å²) in [5.74, 6) is 7.04. The fourth-order valence-corrected chi connectivity index (χ4v) is 2.21. The van der Waals surface area contributed by atoms with Crippen LogP contribution in [0.1, 0.15) is 18.7 Å². The van der Waals surface area contributed by atoms with Crippen LogP contribution in [0.4, 0.5) is 0 Å². The number of nitrogens with zero attached hydrogens (tertiary/aromatic N) is 3. The van der Waals surface area contributed by atoms with E-state index in [0.29, 0.717) is 6.61 Å². The molecule has 0 N–H and O–H groups in total. The van der Waals surface area contributed by atoms with Gasteiger partial charge in [0.1, 0.15) is 11.3 Å². The Morgan fingerprint density at radius 2 is 1.91 bits per heavy atom. The van der Waals surface area contributed by atoms with Gasteiger partial charge in [-0.1, -0.05) is 23.3 Å². The molecule has 0 fully saturated rings. The summed E-state index contributed by atoms with van der Waals surface area (Å²) in [7, 11) is 1.64. The van der Waals surface area contributed by atoms with Crippen LogP contribution in [0.3, 0.4) is 0 Å². The van der Waals surface area contributed by atoms with Crippen LogP contribution in [-0.2, 0) is 4.74 Å². The van der Waals surface area contributed by atoms with Crippen LogP contribution in [-0.4, -0.2) is 28.7 Å². The fourth-order valence-electron chi connectivity index (χ4n) is 2.21. The zero-order valence-electron chi connectivity index (χ0n) is 13.1. The molecular weight excluding hydrogens is 290 g/mol. The Morgan fingerprint density at radius 3 is 2.65 bits per heavy atom. The molecule has 5 nitrogen and oxygen atoms in total. The Labute approximate surface area is 134 Å². The molecule has 3 aromatic rings. The standard InChI is InChI=1S/C18H17N3O2/c1-3-23-18(13-10-14-8-11-15(22-2)12-9-14)21-17-7-5-4-6-16(17)19-20-21/h4-9,11-12,18H,3H2,1-2H3. The smallest absolute Gasteiger partial charge is 0.215 e. The van der Waals surface area contributed by atoms with Crippen LogP contribution in [0, 0.1) is 11.8 Å². The molecule has 0 radical (unpaired) electrons. The zero-order valence-corrected chi connectivity index (χ0v) is 13.1. The van der Waals surface area contributed by atoms with E-state index in [2.05, 4.69) is 22.2 Å². The van der Waals surface area contributed by atoms with Gasteiger partial charge in [0, 0.05) is 12.2 Å². The summed E-state index contributed by atoms with van der Waals surface area (Å²) in [6, 6.07) is 15.3. The van der Waals surface area contributed by atoms with Crippen molar-refractivity contribution in [3.63, 3.8) is 0 Å². The quantitative estimate of drug-likeness (QED) is 0.695. The predicted octanol–water partition coefficient (Wildman–Crippen LogP) is 3.03. The molecule has 0 bridgehead atoms. The lowest BCUT2D eigenvalue weighted by Gasteiger charge is -2.11. The fraction of sp³-hybridized carbons (Fsp3) is 0.222. The molecular formula is C18H17N3O2. The highest BCUT2D eigenvalue weighted by atomic mass is 16.5. The van der Waals surface area contributed by atoms with Crippen molar-refractivity contribution in [2.45, 2.75) is 13.2 Å². The minimum absolute atomic E-state index is 0.477. The largest absolute Gasteiger partial charge is 0.497 e. The van der Waals surface area contributed by atoms with Gasteiger partial charge < -0.3 is 9.47 Å². The third kappa shape index (κ3) is 3.33. The Bertz CT molecular complexity index is 844. The number of hydrogen-bond acceptors (Lipinski definition) is 4. The summed E-state index contributed by atoms with van der Waals surface area (Å²) >= 11 is 0. The normalized spacial score (nSPS) is 11.7. The second-order valence-corrected chi connectivity index (χ2v) is 4.83. The monoisotopic (exact) mass is 307 g/mol. The lowest BCUT2D eigenvalue weighted by Crippen LogP contribution is -2.12. The summed E-state index contributed by atoms with van der Waals surface area (Å²) < 4.78 is 12.6. The molecule has 0 saturated heterocycles. The van der Waals surface area contributed by atoms with Crippen LogP contribution in [0.2, 0.25) is 0 Å². The molecule has 0 saturated carbocycles. The highest BCUT2D eigenvalue weighted by Crippen LogP contribution is 2.16. The molecule has 1 unspecified atom stereocenters. The molecule has 0 aliphatic rings. The van der Waals surface area contributed by atoms with E-state index in [4.69, 9.17) is 9.47 Å². The molecule has 2 aromatic carbocycles. The maximum absolute atomic E-state index is 5.72. The molecule has 5 heteroatoms. The summed E-state index contributed by atoms with van der Waals surface area (Å²) in [6.07, 6.45) is -0.477. The van der Waals surface area contributed by atoms with Crippen LogP contribution < -0.4 is 4.74 Å². The van der Waals surface area contributed by atoms with E-state index in [1.807, 2.05) is 55.5 Å². The van der Waals surface area contributed by atoms with Crippen molar-refractivity contribution in [2.75, 3.05) is 13.7 Å². The van der Waals surface area contributed by atoms with Gasteiger partial charge in [-0.05, 0) is 49.2 Å². The highest BCUT2D eigenvalue weighted by molar-refractivity contribution is 5.74. The van der Waals surface area contributed by atoms with Gasteiger partial charge >= 0.3 is 0 Å². The van der Waals surface area contributed by atoms with Gasteiger partial charge in [0.2, 0.25) is 6.23 Å². The van der Waals surface area contributed by atoms with E-state index < -0.39 is 6.23 Å². The number of fused-ring (bicyclic) bond motifs is 1. The number of hydrogen-bond donors (Lipinski definition) is 0. The highest BCUT2D eigenvalue weighted by Gasteiger charge is 2.12. The average molecular weight is 307 g/mol. The average Bonchev–Trinajstić information content (AvgIpc) is 3.03. The van der Waals surface area contributed by atoms with Crippen molar-refractivity contribution in [3.05, 3.63) is 54.1 Å².